The van der Waals surface area contributed by atoms with Gasteiger partial charge in [-0.25, -0.2) is 9.69 Å². The molecule has 0 saturated carbocycles. The molecule has 0 aliphatic carbocycles. The molecule has 1 atom stereocenters. The number of urea groups is 1. The van der Waals surface area contributed by atoms with Crippen molar-refractivity contribution in [3.05, 3.63) is 60.2 Å². The first-order valence-electron chi connectivity index (χ1n) is 8.73. The maximum absolute atomic E-state index is 13.0. The molecule has 6 nitrogen and oxygen atoms in total. The van der Waals surface area contributed by atoms with E-state index in [1.54, 1.807) is 30.2 Å². The Labute approximate surface area is 152 Å². The highest BCUT2D eigenvalue weighted by Crippen LogP contribution is 2.34. The number of rotatable bonds is 4. The Morgan fingerprint density at radius 1 is 1.00 bits per heavy atom. The van der Waals surface area contributed by atoms with E-state index < -0.39 is 6.04 Å². The Balaban J connectivity index is 1.55. The number of hydrogen-bond acceptors (Lipinski definition) is 4. The van der Waals surface area contributed by atoms with Gasteiger partial charge in [-0.3, -0.25) is 9.69 Å². The molecule has 134 valence electrons. The number of amides is 3. The van der Waals surface area contributed by atoms with Gasteiger partial charge in [-0.1, -0.05) is 42.5 Å². The molecule has 2 fully saturated rings. The molecule has 0 radical (unpaired) electrons. The van der Waals surface area contributed by atoms with Gasteiger partial charge >= 0.3 is 6.03 Å². The number of carbonyl (C=O) groups is 2. The van der Waals surface area contributed by atoms with Crippen molar-refractivity contribution in [2.24, 2.45) is 0 Å². The lowest BCUT2D eigenvalue weighted by Gasteiger charge is -2.35. The molecule has 0 aromatic heterocycles. The molecule has 1 unspecified atom stereocenters. The maximum Gasteiger partial charge on any atom is 0.332 e. The van der Waals surface area contributed by atoms with Gasteiger partial charge in [0, 0.05) is 26.2 Å². The van der Waals surface area contributed by atoms with E-state index in [0.29, 0.717) is 24.5 Å². The van der Waals surface area contributed by atoms with Crippen molar-refractivity contribution in [2.45, 2.75) is 12.6 Å². The number of para-hydroxylation sites is 2. The minimum Gasteiger partial charge on any atom is -0.495 e. The molecule has 3 amide bonds. The van der Waals surface area contributed by atoms with E-state index >= 15 is 0 Å². The topological polar surface area (TPSA) is 53.1 Å². The van der Waals surface area contributed by atoms with E-state index in [-0.39, 0.29) is 11.9 Å². The van der Waals surface area contributed by atoms with Crippen LogP contribution in [0, 0.1) is 0 Å². The lowest BCUT2D eigenvalue weighted by molar-refractivity contribution is -0.121. The zero-order valence-electron chi connectivity index (χ0n) is 14.7. The van der Waals surface area contributed by atoms with Crippen molar-refractivity contribution >= 4 is 17.6 Å². The zero-order valence-corrected chi connectivity index (χ0v) is 14.7. The molecular formula is C20H21N3O3. The molecule has 0 spiro atoms. The molecule has 26 heavy (non-hydrogen) atoms. The van der Waals surface area contributed by atoms with Gasteiger partial charge in [0.05, 0.1) is 12.8 Å². The number of methoxy groups -OCH3 is 1. The highest BCUT2D eigenvalue weighted by molar-refractivity contribution is 6.22. The fraction of sp³-hybridized carbons (Fsp3) is 0.300. The van der Waals surface area contributed by atoms with Gasteiger partial charge in [-0.05, 0) is 17.7 Å². The second kappa shape index (κ2) is 6.80. The van der Waals surface area contributed by atoms with Crippen LogP contribution < -0.4 is 9.64 Å². The van der Waals surface area contributed by atoms with Crippen LogP contribution in [0.4, 0.5) is 10.5 Å². The Kier molecular flexibility index (Phi) is 4.34. The SMILES string of the molecule is COc1ccccc1N1C(=O)C2CN(Cc3ccccc3)CCN2C1=O. The van der Waals surface area contributed by atoms with Gasteiger partial charge in [-0.2, -0.15) is 0 Å². The molecule has 2 heterocycles. The first kappa shape index (κ1) is 16.6. The summed E-state index contributed by atoms with van der Waals surface area (Å²) in [5.41, 5.74) is 1.72. The summed E-state index contributed by atoms with van der Waals surface area (Å²) in [7, 11) is 1.54. The van der Waals surface area contributed by atoms with Crippen molar-refractivity contribution in [1.82, 2.24) is 9.80 Å². The van der Waals surface area contributed by atoms with Gasteiger partial charge in [0.1, 0.15) is 11.8 Å². The summed E-state index contributed by atoms with van der Waals surface area (Å²) in [6.07, 6.45) is 0. The van der Waals surface area contributed by atoms with Crippen molar-refractivity contribution in [3.8, 4) is 5.75 Å². The average molecular weight is 351 g/mol. The number of piperazine rings is 1. The first-order valence-corrected chi connectivity index (χ1v) is 8.73. The second-order valence-corrected chi connectivity index (χ2v) is 6.56. The van der Waals surface area contributed by atoms with E-state index in [1.165, 1.54) is 10.5 Å². The molecule has 4 rings (SSSR count). The normalized spacial score (nSPS) is 20.4. The average Bonchev–Trinajstić information content (AvgIpc) is 2.93. The largest absolute Gasteiger partial charge is 0.495 e. The van der Waals surface area contributed by atoms with Crippen LogP contribution in [0.3, 0.4) is 0 Å². The standard InChI is InChI=1S/C20H21N3O3/c1-26-18-10-6-5-9-16(18)23-19(24)17-14-21(11-12-22(17)20(23)25)13-15-7-3-2-4-8-15/h2-10,17H,11-14H2,1H3. The maximum atomic E-state index is 13.0. The number of fused-ring (bicyclic) bond motifs is 1. The van der Waals surface area contributed by atoms with Crippen molar-refractivity contribution < 1.29 is 14.3 Å². The predicted molar refractivity (Wildman–Crippen MR) is 98.1 cm³/mol. The molecule has 0 bridgehead atoms. The summed E-state index contributed by atoms with van der Waals surface area (Å²) in [4.78, 5) is 31.0. The quantitative estimate of drug-likeness (QED) is 0.794. The molecule has 6 heteroatoms. The van der Waals surface area contributed by atoms with Crippen LogP contribution in [0.5, 0.6) is 5.75 Å². The van der Waals surface area contributed by atoms with E-state index in [2.05, 4.69) is 17.0 Å². The van der Waals surface area contributed by atoms with Gasteiger partial charge in [-0.15, -0.1) is 0 Å². The number of carbonyl (C=O) groups excluding carboxylic acids is 2. The fourth-order valence-corrected chi connectivity index (χ4v) is 3.67. The minimum absolute atomic E-state index is 0.183. The smallest absolute Gasteiger partial charge is 0.332 e. The molecular weight excluding hydrogens is 330 g/mol. The van der Waals surface area contributed by atoms with Gasteiger partial charge in [0.25, 0.3) is 5.91 Å². The van der Waals surface area contributed by atoms with E-state index in [4.69, 9.17) is 4.74 Å². The molecule has 2 aliphatic heterocycles. The fourth-order valence-electron chi connectivity index (χ4n) is 3.67. The summed E-state index contributed by atoms with van der Waals surface area (Å²) in [6, 6.07) is 16.6. The Morgan fingerprint density at radius 2 is 1.73 bits per heavy atom. The third-order valence-corrected chi connectivity index (χ3v) is 4.98. The predicted octanol–water partition coefficient (Wildman–Crippen LogP) is 2.35. The first-order chi connectivity index (χ1) is 12.7. The summed E-state index contributed by atoms with van der Waals surface area (Å²) >= 11 is 0. The third kappa shape index (κ3) is 2.82. The van der Waals surface area contributed by atoms with Crippen LogP contribution in [0.25, 0.3) is 0 Å². The molecule has 2 saturated heterocycles. The van der Waals surface area contributed by atoms with E-state index in [9.17, 15) is 9.59 Å². The highest BCUT2D eigenvalue weighted by atomic mass is 16.5. The lowest BCUT2D eigenvalue weighted by atomic mass is 10.1. The zero-order chi connectivity index (χ0) is 18.1. The molecule has 2 aromatic rings. The summed E-state index contributed by atoms with van der Waals surface area (Å²) < 4.78 is 5.33. The second-order valence-electron chi connectivity index (χ2n) is 6.56. The molecule has 2 aliphatic rings. The van der Waals surface area contributed by atoms with Crippen LogP contribution in [0.1, 0.15) is 5.56 Å². The molecule has 0 N–H and O–H groups in total. The summed E-state index contributed by atoms with van der Waals surface area (Å²) in [5, 5.41) is 0. The van der Waals surface area contributed by atoms with Crippen LogP contribution in [0.15, 0.2) is 54.6 Å². The number of ether oxygens (including phenoxy) is 1. The van der Waals surface area contributed by atoms with Crippen LogP contribution in [-0.4, -0.2) is 54.5 Å². The summed E-state index contributed by atoms with van der Waals surface area (Å²) in [6.45, 7) is 2.63. The Bertz CT molecular complexity index is 824. The van der Waals surface area contributed by atoms with Crippen molar-refractivity contribution in [3.63, 3.8) is 0 Å². The molecule has 2 aromatic carbocycles. The van der Waals surface area contributed by atoms with Crippen LogP contribution in [0.2, 0.25) is 0 Å². The summed E-state index contributed by atoms with van der Waals surface area (Å²) in [5.74, 6) is 0.340. The monoisotopic (exact) mass is 351 g/mol. The van der Waals surface area contributed by atoms with Crippen molar-refractivity contribution in [1.29, 1.82) is 0 Å². The minimum atomic E-state index is -0.440. The lowest BCUT2D eigenvalue weighted by Crippen LogP contribution is -2.52. The van der Waals surface area contributed by atoms with E-state index in [1.807, 2.05) is 24.3 Å². The van der Waals surface area contributed by atoms with Crippen molar-refractivity contribution in [2.75, 3.05) is 31.6 Å². The Morgan fingerprint density at radius 3 is 2.50 bits per heavy atom. The number of anilines is 1. The van der Waals surface area contributed by atoms with Gasteiger partial charge < -0.3 is 9.64 Å². The highest BCUT2D eigenvalue weighted by Gasteiger charge is 2.48. The van der Waals surface area contributed by atoms with Gasteiger partial charge in [0.2, 0.25) is 0 Å². The Hall–Kier alpha value is -2.86. The third-order valence-electron chi connectivity index (χ3n) is 4.98. The van der Waals surface area contributed by atoms with Crippen LogP contribution in [-0.2, 0) is 11.3 Å². The number of imide groups is 1. The van der Waals surface area contributed by atoms with E-state index in [0.717, 1.165) is 13.1 Å². The number of hydrogen-bond donors (Lipinski definition) is 0. The van der Waals surface area contributed by atoms with Crippen LogP contribution >= 0.6 is 0 Å². The number of nitrogens with zero attached hydrogens (tertiary/aromatic N) is 3. The number of benzene rings is 2. The van der Waals surface area contributed by atoms with Gasteiger partial charge in [0.15, 0.2) is 0 Å².